The highest BCUT2D eigenvalue weighted by atomic mass is 35.5. The van der Waals surface area contributed by atoms with Crippen molar-refractivity contribution in [2.75, 3.05) is 0 Å². The van der Waals surface area contributed by atoms with Crippen LogP contribution in [0.15, 0.2) is 22.0 Å². The van der Waals surface area contributed by atoms with Crippen molar-refractivity contribution in [3.05, 3.63) is 23.4 Å². The van der Waals surface area contributed by atoms with Crippen LogP contribution in [0, 0.1) is 17.3 Å². The lowest BCUT2D eigenvalue weighted by Crippen LogP contribution is -2.56. The molecule has 0 amide bonds. The summed E-state index contributed by atoms with van der Waals surface area (Å²) >= 11 is 8.34. The van der Waals surface area contributed by atoms with Crippen molar-refractivity contribution < 1.29 is 14.1 Å². The Labute approximate surface area is 154 Å². The highest BCUT2D eigenvalue weighted by molar-refractivity contribution is 7.13. The van der Waals surface area contributed by atoms with Crippen LogP contribution in [0.4, 0.5) is 0 Å². The summed E-state index contributed by atoms with van der Waals surface area (Å²) in [6.07, 6.45) is 5.90. The minimum absolute atomic E-state index is 0.0313. The first-order valence-corrected chi connectivity index (χ1v) is 10.0. The van der Waals surface area contributed by atoms with Gasteiger partial charge < -0.3 is 9.26 Å². The fourth-order valence-electron chi connectivity index (χ4n) is 5.49. The quantitative estimate of drug-likeness (QED) is 0.582. The Hall–Kier alpha value is -1.40. The molecule has 0 aromatic carbocycles. The zero-order valence-corrected chi connectivity index (χ0v) is 15.3. The zero-order valence-electron chi connectivity index (χ0n) is 13.7. The van der Waals surface area contributed by atoms with Crippen molar-refractivity contribution in [3.8, 4) is 10.7 Å². The Kier molecular flexibility index (Phi) is 3.51. The molecule has 6 rings (SSSR count). The number of carbonyl (C=O) groups excluding carboxylic acids is 1. The third-order valence-electron chi connectivity index (χ3n) is 5.96. The maximum atomic E-state index is 12.9. The Morgan fingerprint density at radius 2 is 2.16 bits per heavy atom. The second kappa shape index (κ2) is 5.55. The van der Waals surface area contributed by atoms with Gasteiger partial charge in [0, 0.05) is 4.87 Å². The van der Waals surface area contributed by atoms with E-state index in [1.807, 2.05) is 17.5 Å². The molecule has 0 aliphatic heterocycles. The molecular formula is C18H19ClN2O3S. The predicted octanol–water partition coefficient (Wildman–Crippen LogP) is 4.42. The summed E-state index contributed by atoms with van der Waals surface area (Å²) in [5.74, 6) is 1.88. The summed E-state index contributed by atoms with van der Waals surface area (Å²) in [5.41, 5.74) is -0.400. The summed E-state index contributed by atoms with van der Waals surface area (Å²) in [6, 6.07) is 3.87. The van der Waals surface area contributed by atoms with Crippen LogP contribution in [0.2, 0.25) is 0 Å². The van der Waals surface area contributed by atoms with Gasteiger partial charge in [0.1, 0.15) is 0 Å². The van der Waals surface area contributed by atoms with Crippen molar-refractivity contribution in [3.63, 3.8) is 0 Å². The number of hydrogen-bond donors (Lipinski definition) is 0. The molecule has 2 aromatic rings. The number of carbonyl (C=O) groups is 1. The molecule has 2 aromatic heterocycles. The second-order valence-electron chi connectivity index (χ2n) is 7.96. The lowest BCUT2D eigenvalue weighted by Gasteiger charge is -2.58. The van der Waals surface area contributed by atoms with Gasteiger partial charge in [-0.2, -0.15) is 4.98 Å². The molecule has 4 aliphatic carbocycles. The maximum Gasteiger partial charge on any atom is 0.312 e. The summed E-state index contributed by atoms with van der Waals surface area (Å²) in [4.78, 5) is 17.9. The second-order valence-corrected chi connectivity index (χ2v) is 9.71. The van der Waals surface area contributed by atoms with Crippen LogP contribution >= 0.6 is 22.9 Å². The standard InChI is InChI=1S/C18H19ClN2O3S/c19-18-7-11-4-12(8-18)6-17(5-11,10-18)16(22)23-9-14-20-15(21-24-14)13-2-1-3-25-13/h1-3,11-12H,4-10H2/t11-,12-,17?,18?/m1/s1. The number of halogens is 1. The normalized spacial score (nSPS) is 35.9. The number of esters is 1. The van der Waals surface area contributed by atoms with Crippen LogP contribution < -0.4 is 0 Å². The largest absolute Gasteiger partial charge is 0.455 e. The Bertz CT molecular complexity index is 789. The topological polar surface area (TPSA) is 65.2 Å². The molecule has 25 heavy (non-hydrogen) atoms. The van der Waals surface area contributed by atoms with E-state index in [9.17, 15) is 4.79 Å². The predicted molar refractivity (Wildman–Crippen MR) is 93.1 cm³/mol. The van der Waals surface area contributed by atoms with Gasteiger partial charge in [0.25, 0.3) is 5.89 Å². The molecule has 4 saturated carbocycles. The molecule has 5 nitrogen and oxygen atoms in total. The molecule has 0 radical (unpaired) electrons. The number of thiophene rings is 1. The third-order valence-corrected chi connectivity index (χ3v) is 7.27. The van der Waals surface area contributed by atoms with Gasteiger partial charge >= 0.3 is 5.97 Å². The van der Waals surface area contributed by atoms with Gasteiger partial charge in [0.2, 0.25) is 5.82 Å². The lowest BCUT2D eigenvalue weighted by atomic mass is 9.49. The van der Waals surface area contributed by atoms with Crippen LogP contribution in [0.3, 0.4) is 0 Å². The van der Waals surface area contributed by atoms with Gasteiger partial charge in [-0.25, -0.2) is 0 Å². The molecule has 4 bridgehead atoms. The number of aromatic nitrogens is 2. The molecule has 7 heteroatoms. The van der Waals surface area contributed by atoms with E-state index in [1.165, 1.54) is 6.42 Å². The minimum atomic E-state index is -0.400. The average molecular weight is 379 g/mol. The number of nitrogens with zero attached hydrogens (tertiary/aromatic N) is 2. The van der Waals surface area contributed by atoms with Gasteiger partial charge in [-0.15, -0.1) is 22.9 Å². The van der Waals surface area contributed by atoms with Gasteiger partial charge in [-0.1, -0.05) is 11.2 Å². The molecule has 0 N–H and O–H groups in total. The van der Waals surface area contributed by atoms with E-state index >= 15 is 0 Å². The first-order valence-electron chi connectivity index (χ1n) is 8.76. The smallest absolute Gasteiger partial charge is 0.312 e. The van der Waals surface area contributed by atoms with Crippen LogP contribution in [0.1, 0.15) is 44.4 Å². The van der Waals surface area contributed by atoms with Crippen molar-refractivity contribution >= 4 is 28.9 Å². The molecule has 2 heterocycles. The zero-order chi connectivity index (χ0) is 17.1. The Morgan fingerprint density at radius 1 is 1.36 bits per heavy atom. The highest BCUT2D eigenvalue weighted by Crippen LogP contribution is 2.64. The first kappa shape index (κ1) is 15.8. The summed E-state index contributed by atoms with van der Waals surface area (Å²) < 4.78 is 10.8. The molecule has 0 unspecified atom stereocenters. The van der Waals surface area contributed by atoms with Crippen molar-refractivity contribution in [1.29, 1.82) is 0 Å². The third kappa shape index (κ3) is 2.70. The van der Waals surface area contributed by atoms with Gasteiger partial charge in [-0.05, 0) is 61.8 Å². The van der Waals surface area contributed by atoms with Gasteiger partial charge in [0.15, 0.2) is 6.61 Å². The number of rotatable bonds is 4. The summed E-state index contributed by atoms with van der Waals surface area (Å²) in [6.45, 7) is 0.0313. The van der Waals surface area contributed by atoms with Crippen molar-refractivity contribution in [2.24, 2.45) is 17.3 Å². The van der Waals surface area contributed by atoms with Crippen LogP contribution in [0.5, 0.6) is 0 Å². The van der Waals surface area contributed by atoms with E-state index < -0.39 is 5.41 Å². The molecule has 4 aliphatic rings. The van der Waals surface area contributed by atoms with Gasteiger partial charge in [0.05, 0.1) is 10.3 Å². The maximum absolute atomic E-state index is 12.9. The van der Waals surface area contributed by atoms with Gasteiger partial charge in [-0.3, -0.25) is 4.79 Å². The molecule has 2 atom stereocenters. The van der Waals surface area contributed by atoms with E-state index in [4.69, 9.17) is 20.9 Å². The fraction of sp³-hybridized carbons (Fsp3) is 0.611. The van der Waals surface area contributed by atoms with E-state index in [0.29, 0.717) is 23.6 Å². The molecular weight excluding hydrogens is 360 g/mol. The van der Waals surface area contributed by atoms with E-state index in [0.717, 1.165) is 37.0 Å². The lowest BCUT2D eigenvalue weighted by molar-refractivity contribution is -0.172. The SMILES string of the molecule is O=C(OCc1nc(-c2cccs2)no1)C12C[C@H]3C[C@@H](CC(Cl)(C3)C1)C2. The highest BCUT2D eigenvalue weighted by Gasteiger charge is 2.60. The fourth-order valence-corrected chi connectivity index (χ4v) is 6.83. The molecule has 4 fully saturated rings. The van der Waals surface area contributed by atoms with Crippen LogP contribution in [-0.2, 0) is 16.1 Å². The average Bonchev–Trinajstić information content (AvgIpc) is 3.21. The monoisotopic (exact) mass is 378 g/mol. The minimum Gasteiger partial charge on any atom is -0.455 e. The molecule has 132 valence electrons. The molecule has 0 spiro atoms. The van der Waals surface area contributed by atoms with Crippen molar-refractivity contribution in [1.82, 2.24) is 10.1 Å². The van der Waals surface area contributed by atoms with E-state index in [2.05, 4.69) is 10.1 Å². The van der Waals surface area contributed by atoms with Crippen LogP contribution in [0.25, 0.3) is 10.7 Å². The molecule has 0 saturated heterocycles. The summed E-state index contributed by atoms with van der Waals surface area (Å²) in [7, 11) is 0. The Balaban J connectivity index is 1.28. The Morgan fingerprint density at radius 3 is 2.84 bits per heavy atom. The number of ether oxygens (including phenoxy) is 1. The van der Waals surface area contributed by atoms with Crippen LogP contribution in [-0.4, -0.2) is 21.0 Å². The summed E-state index contributed by atoms with van der Waals surface area (Å²) in [5, 5.41) is 5.91. The number of hydrogen-bond acceptors (Lipinski definition) is 6. The van der Waals surface area contributed by atoms with Crippen molar-refractivity contribution in [2.45, 2.75) is 50.0 Å². The van der Waals surface area contributed by atoms with E-state index in [-0.39, 0.29) is 17.5 Å². The first-order chi connectivity index (χ1) is 12.0. The number of alkyl halides is 1. The van der Waals surface area contributed by atoms with E-state index in [1.54, 1.807) is 11.3 Å².